The molecule has 0 aromatic carbocycles. The second-order valence-corrected chi connectivity index (χ2v) is 6.79. The van der Waals surface area contributed by atoms with Gasteiger partial charge in [0, 0.05) is 24.5 Å². The standard InChI is InChI=1S/C13H17N5OS.C2HF3O2/c1-16(2)5-10-9-4-18(6-12(9)17(3)15-10)13(19)11-7-20-8-14-11;3-2(4,5)1(6)7/h7-8H,4-6H2,1-3H3;(H,6,7). The largest absolute Gasteiger partial charge is 0.490 e. The number of fused-ring (bicyclic) bond motifs is 1. The molecular weight excluding hydrogens is 387 g/mol. The van der Waals surface area contributed by atoms with Gasteiger partial charge in [0.15, 0.2) is 0 Å². The lowest BCUT2D eigenvalue weighted by Gasteiger charge is -2.15. The number of thiazole rings is 1. The van der Waals surface area contributed by atoms with Crippen LogP contribution in [0.15, 0.2) is 10.9 Å². The molecule has 2 aromatic heterocycles. The molecule has 8 nitrogen and oxygen atoms in total. The van der Waals surface area contributed by atoms with Crippen LogP contribution in [0.4, 0.5) is 13.2 Å². The van der Waals surface area contributed by atoms with Crippen LogP contribution in [-0.4, -0.2) is 61.8 Å². The van der Waals surface area contributed by atoms with Gasteiger partial charge in [-0.05, 0) is 14.1 Å². The zero-order valence-electron chi connectivity index (χ0n) is 14.8. The Balaban J connectivity index is 0.000000321. The van der Waals surface area contributed by atoms with Crippen molar-refractivity contribution in [2.45, 2.75) is 25.8 Å². The molecule has 0 atom stereocenters. The summed E-state index contributed by atoms with van der Waals surface area (Å²) < 4.78 is 33.6. The predicted octanol–water partition coefficient (Wildman–Crippen LogP) is 1.73. The number of aryl methyl sites for hydroxylation is 1. The molecule has 0 radical (unpaired) electrons. The minimum absolute atomic E-state index is 0.00162. The number of carbonyl (C=O) groups is 2. The average molecular weight is 405 g/mol. The number of hydrogen-bond acceptors (Lipinski definition) is 6. The van der Waals surface area contributed by atoms with Gasteiger partial charge in [0.05, 0.1) is 30.0 Å². The molecule has 0 bridgehead atoms. The van der Waals surface area contributed by atoms with Crippen LogP contribution in [0.1, 0.15) is 27.4 Å². The highest BCUT2D eigenvalue weighted by Gasteiger charge is 2.38. The summed E-state index contributed by atoms with van der Waals surface area (Å²) in [6.07, 6.45) is -5.08. The van der Waals surface area contributed by atoms with Crippen molar-refractivity contribution in [3.63, 3.8) is 0 Å². The molecule has 27 heavy (non-hydrogen) atoms. The fourth-order valence-corrected chi connectivity index (χ4v) is 3.05. The zero-order valence-corrected chi connectivity index (χ0v) is 15.6. The molecule has 12 heteroatoms. The fourth-order valence-electron chi connectivity index (χ4n) is 2.52. The van der Waals surface area contributed by atoms with E-state index in [1.807, 2.05) is 30.7 Å². The van der Waals surface area contributed by atoms with Gasteiger partial charge in [-0.2, -0.15) is 18.3 Å². The van der Waals surface area contributed by atoms with E-state index in [1.165, 1.54) is 16.9 Å². The fraction of sp³-hybridized carbons (Fsp3) is 0.467. The predicted molar refractivity (Wildman–Crippen MR) is 90.0 cm³/mol. The third-order valence-corrected chi connectivity index (χ3v) is 4.28. The number of carboxylic acids is 1. The van der Waals surface area contributed by atoms with E-state index in [4.69, 9.17) is 9.90 Å². The molecule has 1 aliphatic heterocycles. The number of hydrogen-bond donors (Lipinski definition) is 1. The van der Waals surface area contributed by atoms with E-state index in [9.17, 15) is 18.0 Å². The van der Waals surface area contributed by atoms with Gasteiger partial charge in [-0.15, -0.1) is 11.3 Å². The van der Waals surface area contributed by atoms with Gasteiger partial charge >= 0.3 is 12.1 Å². The lowest BCUT2D eigenvalue weighted by molar-refractivity contribution is -0.192. The van der Waals surface area contributed by atoms with Gasteiger partial charge < -0.3 is 14.9 Å². The van der Waals surface area contributed by atoms with Crippen molar-refractivity contribution < 1.29 is 27.9 Å². The molecule has 148 valence electrons. The minimum atomic E-state index is -5.08. The third-order valence-electron chi connectivity index (χ3n) is 3.69. The SMILES string of the molecule is CN(C)Cc1nn(C)c2c1CN(C(=O)c1cscn1)C2.O=C(O)C(F)(F)F. The molecule has 3 rings (SSSR count). The summed E-state index contributed by atoms with van der Waals surface area (Å²) in [4.78, 5) is 29.3. The summed E-state index contributed by atoms with van der Waals surface area (Å²) in [5.41, 5.74) is 5.59. The Hall–Kier alpha value is -2.47. The number of rotatable bonds is 3. The Morgan fingerprint density at radius 3 is 2.44 bits per heavy atom. The average Bonchev–Trinajstić information content (AvgIpc) is 3.26. The Labute approximate surface area is 156 Å². The van der Waals surface area contributed by atoms with Crippen LogP contribution in [0.25, 0.3) is 0 Å². The maximum absolute atomic E-state index is 12.3. The van der Waals surface area contributed by atoms with Crippen LogP contribution in [0, 0.1) is 0 Å². The molecular formula is C15H18F3N5O3S. The van der Waals surface area contributed by atoms with E-state index in [0.717, 1.165) is 17.9 Å². The van der Waals surface area contributed by atoms with Gasteiger partial charge in [-0.1, -0.05) is 0 Å². The highest BCUT2D eigenvalue weighted by Crippen LogP contribution is 2.27. The van der Waals surface area contributed by atoms with Crippen LogP contribution < -0.4 is 0 Å². The number of aromatic nitrogens is 3. The zero-order chi connectivity index (χ0) is 20.4. The number of nitrogens with zero attached hydrogens (tertiary/aromatic N) is 5. The molecule has 0 aliphatic carbocycles. The number of amides is 1. The first kappa shape index (κ1) is 20.8. The van der Waals surface area contributed by atoms with Crippen molar-refractivity contribution >= 4 is 23.2 Å². The molecule has 0 saturated carbocycles. The van der Waals surface area contributed by atoms with Gasteiger partial charge in [0.25, 0.3) is 5.91 Å². The molecule has 1 amide bonds. The van der Waals surface area contributed by atoms with Crippen LogP contribution in [-0.2, 0) is 31.5 Å². The molecule has 0 spiro atoms. The van der Waals surface area contributed by atoms with E-state index < -0.39 is 12.1 Å². The lowest BCUT2D eigenvalue weighted by atomic mass is 10.2. The number of aliphatic carboxylic acids is 1. The molecule has 0 fully saturated rings. The van der Waals surface area contributed by atoms with E-state index in [2.05, 4.69) is 15.0 Å². The molecule has 1 N–H and O–H groups in total. The monoisotopic (exact) mass is 405 g/mol. The summed E-state index contributed by atoms with van der Waals surface area (Å²) in [6.45, 7) is 2.03. The Kier molecular flexibility index (Phi) is 6.21. The van der Waals surface area contributed by atoms with Crippen molar-refractivity contribution in [3.8, 4) is 0 Å². The van der Waals surface area contributed by atoms with Gasteiger partial charge in [-0.3, -0.25) is 9.48 Å². The van der Waals surface area contributed by atoms with Crippen molar-refractivity contribution in [2.24, 2.45) is 7.05 Å². The number of carbonyl (C=O) groups excluding carboxylic acids is 1. The van der Waals surface area contributed by atoms with Crippen LogP contribution in [0.2, 0.25) is 0 Å². The summed E-state index contributed by atoms with van der Waals surface area (Å²) >= 11 is 1.44. The van der Waals surface area contributed by atoms with Gasteiger partial charge in [0.2, 0.25) is 0 Å². The molecule has 1 aliphatic rings. The quantitative estimate of drug-likeness (QED) is 0.836. The van der Waals surface area contributed by atoms with Crippen LogP contribution in [0.5, 0.6) is 0 Å². The Morgan fingerprint density at radius 2 is 1.96 bits per heavy atom. The molecule has 0 saturated heterocycles. The van der Waals surface area contributed by atoms with Crippen LogP contribution >= 0.6 is 11.3 Å². The lowest BCUT2D eigenvalue weighted by Crippen LogP contribution is -2.26. The summed E-state index contributed by atoms with van der Waals surface area (Å²) in [5.74, 6) is -2.76. The summed E-state index contributed by atoms with van der Waals surface area (Å²) in [6, 6.07) is 0. The minimum Gasteiger partial charge on any atom is -0.475 e. The Morgan fingerprint density at radius 1 is 1.33 bits per heavy atom. The van der Waals surface area contributed by atoms with Gasteiger partial charge in [0.1, 0.15) is 5.69 Å². The second kappa shape index (κ2) is 8.05. The first-order valence-electron chi connectivity index (χ1n) is 7.66. The molecule has 2 aromatic rings. The topological polar surface area (TPSA) is 91.6 Å². The van der Waals surface area contributed by atoms with E-state index in [0.29, 0.717) is 18.8 Å². The number of alkyl halides is 3. The second-order valence-electron chi connectivity index (χ2n) is 6.07. The normalized spacial score (nSPS) is 13.4. The van der Waals surface area contributed by atoms with Crippen molar-refractivity contribution in [3.05, 3.63) is 33.5 Å². The van der Waals surface area contributed by atoms with E-state index in [-0.39, 0.29) is 5.91 Å². The Bertz CT molecular complexity index is 818. The first-order valence-corrected chi connectivity index (χ1v) is 8.61. The smallest absolute Gasteiger partial charge is 0.475 e. The van der Waals surface area contributed by atoms with Gasteiger partial charge in [-0.25, -0.2) is 9.78 Å². The van der Waals surface area contributed by atoms with Crippen LogP contribution in [0.3, 0.4) is 0 Å². The summed E-state index contributed by atoms with van der Waals surface area (Å²) in [7, 11) is 5.98. The molecule has 0 unspecified atom stereocenters. The maximum atomic E-state index is 12.3. The van der Waals surface area contributed by atoms with E-state index in [1.54, 1.807) is 10.9 Å². The molecule has 3 heterocycles. The highest BCUT2D eigenvalue weighted by atomic mass is 32.1. The van der Waals surface area contributed by atoms with E-state index >= 15 is 0 Å². The van der Waals surface area contributed by atoms with Crippen molar-refractivity contribution in [1.29, 1.82) is 0 Å². The maximum Gasteiger partial charge on any atom is 0.490 e. The first-order chi connectivity index (χ1) is 12.5. The number of halogens is 3. The van der Waals surface area contributed by atoms with Crippen molar-refractivity contribution in [2.75, 3.05) is 14.1 Å². The highest BCUT2D eigenvalue weighted by molar-refractivity contribution is 7.07. The number of carboxylic acid groups (broad SMARTS) is 1. The summed E-state index contributed by atoms with van der Waals surface area (Å²) in [5, 5.41) is 13.5. The van der Waals surface area contributed by atoms with Crippen molar-refractivity contribution in [1.82, 2.24) is 24.6 Å². The third kappa shape index (κ3) is 5.04.